The number of primary amides is 1. The lowest BCUT2D eigenvalue weighted by Gasteiger charge is -2.16. The average Bonchev–Trinajstić information content (AvgIpc) is 2.94. The molecule has 3 aromatic carbocycles. The van der Waals surface area contributed by atoms with Gasteiger partial charge in [-0.25, -0.2) is 0 Å². The number of pyridine rings is 1. The molecule has 0 aliphatic carbocycles. The highest BCUT2D eigenvalue weighted by Gasteiger charge is 2.27. The van der Waals surface area contributed by atoms with Gasteiger partial charge >= 0.3 is 0 Å². The number of phenols is 1. The minimum Gasteiger partial charge on any atom is -0.504 e. The number of carbonyl (C=O) groups is 1. The topological polar surface area (TPSA) is 225 Å². The van der Waals surface area contributed by atoms with Crippen molar-refractivity contribution in [2.75, 3.05) is 12.4 Å². The zero-order chi connectivity index (χ0) is 30.6. The van der Waals surface area contributed by atoms with Crippen LogP contribution < -0.4 is 41.5 Å². The van der Waals surface area contributed by atoms with Crippen LogP contribution in [0.3, 0.4) is 0 Å². The van der Waals surface area contributed by atoms with Gasteiger partial charge in [-0.05, 0) is 48.5 Å². The molecule has 0 saturated carbocycles. The summed E-state index contributed by atoms with van der Waals surface area (Å²) in [5, 5.41) is 27.8. The van der Waals surface area contributed by atoms with Gasteiger partial charge in [0.15, 0.2) is 29.0 Å². The number of anilines is 1. The maximum absolute atomic E-state index is 15.7. The highest BCUT2D eigenvalue weighted by atomic mass is 19.1. The standard InChI is InChI=1S/C27H23F2N7O6/c1-39-19-10-13(24(32)38)6-8-17(19)41-22-20(28)25(40-15-4-2-3-14(11-15)35-27(33)34)36-26(21(22)29)42-18-9-12(23(30)31)5-7-16(18)37/h2-11,37H,1H3,(H3,30,31)(H2,32,38)(H4,33,34,35). The first-order chi connectivity index (χ1) is 20.0. The van der Waals surface area contributed by atoms with Gasteiger partial charge in [0.25, 0.3) is 11.8 Å². The van der Waals surface area contributed by atoms with E-state index in [0.717, 1.165) is 12.1 Å². The van der Waals surface area contributed by atoms with Gasteiger partial charge < -0.3 is 46.6 Å². The molecule has 0 aliphatic heterocycles. The van der Waals surface area contributed by atoms with Crippen molar-refractivity contribution in [1.82, 2.24) is 4.98 Å². The zero-order valence-corrected chi connectivity index (χ0v) is 21.7. The number of carbonyl (C=O) groups excluding carboxylic acids is 1. The Morgan fingerprint density at radius 3 is 2.17 bits per heavy atom. The average molecular weight is 580 g/mol. The predicted octanol–water partition coefficient (Wildman–Crippen LogP) is 4.14. The van der Waals surface area contributed by atoms with E-state index >= 15 is 8.78 Å². The summed E-state index contributed by atoms with van der Waals surface area (Å²) < 4.78 is 53.2. The van der Waals surface area contributed by atoms with E-state index in [-0.39, 0.29) is 45.9 Å². The largest absolute Gasteiger partial charge is 0.504 e. The van der Waals surface area contributed by atoms with Gasteiger partial charge in [0, 0.05) is 22.9 Å². The molecule has 4 rings (SSSR count). The van der Waals surface area contributed by atoms with Crippen molar-refractivity contribution < 1.29 is 37.6 Å². The Labute approximate surface area is 236 Å². The maximum atomic E-state index is 15.7. The predicted molar refractivity (Wildman–Crippen MR) is 147 cm³/mol. The number of halogens is 2. The van der Waals surface area contributed by atoms with Crippen molar-refractivity contribution in [3.05, 3.63) is 83.4 Å². The number of amides is 1. The first kappa shape index (κ1) is 28.9. The fraction of sp³-hybridized carbons (Fsp3) is 0.0370. The molecular formula is C27H23F2N7O6. The van der Waals surface area contributed by atoms with Crippen LogP contribution in [0.5, 0.6) is 46.3 Å². The zero-order valence-electron chi connectivity index (χ0n) is 21.7. The summed E-state index contributed by atoms with van der Waals surface area (Å²) in [7, 11) is 1.24. The van der Waals surface area contributed by atoms with Crippen molar-refractivity contribution >= 4 is 23.4 Å². The summed E-state index contributed by atoms with van der Waals surface area (Å²) in [5.41, 5.74) is 16.6. The van der Waals surface area contributed by atoms with Crippen molar-refractivity contribution in [3.8, 4) is 46.3 Å². The first-order valence-electron chi connectivity index (χ1n) is 11.8. The summed E-state index contributed by atoms with van der Waals surface area (Å²) in [6.07, 6.45) is 0. The van der Waals surface area contributed by atoms with E-state index in [9.17, 15) is 9.90 Å². The van der Waals surface area contributed by atoms with E-state index in [2.05, 4.69) is 10.3 Å². The Hall–Kier alpha value is -6.12. The van der Waals surface area contributed by atoms with Crippen LogP contribution in [-0.2, 0) is 0 Å². The highest BCUT2D eigenvalue weighted by Crippen LogP contribution is 2.43. The van der Waals surface area contributed by atoms with Gasteiger partial charge in [0.05, 0.1) is 7.11 Å². The van der Waals surface area contributed by atoms with Gasteiger partial charge in [-0.1, -0.05) is 6.07 Å². The third-order valence-electron chi connectivity index (χ3n) is 5.44. The number of benzene rings is 3. The fourth-order valence-electron chi connectivity index (χ4n) is 3.49. The highest BCUT2D eigenvalue weighted by molar-refractivity contribution is 5.95. The quantitative estimate of drug-likeness (QED) is 0.105. The number of rotatable bonds is 10. The minimum atomic E-state index is -1.44. The lowest BCUT2D eigenvalue weighted by Crippen LogP contribution is -2.20. The summed E-state index contributed by atoms with van der Waals surface area (Å²) in [6, 6.07) is 13.1. The third-order valence-corrected chi connectivity index (χ3v) is 5.44. The van der Waals surface area contributed by atoms with Gasteiger partial charge in [-0.15, -0.1) is 0 Å². The smallest absolute Gasteiger partial charge is 0.263 e. The van der Waals surface area contributed by atoms with Crippen LogP contribution in [0.4, 0.5) is 14.5 Å². The first-order valence-corrected chi connectivity index (χ1v) is 11.8. The minimum absolute atomic E-state index is 0.000902. The van der Waals surface area contributed by atoms with Crippen molar-refractivity contribution in [2.24, 2.45) is 17.2 Å². The van der Waals surface area contributed by atoms with E-state index in [0.29, 0.717) is 5.69 Å². The van der Waals surface area contributed by atoms with Crippen LogP contribution >= 0.6 is 0 Å². The van der Waals surface area contributed by atoms with Crippen LogP contribution in [0.2, 0.25) is 0 Å². The summed E-state index contributed by atoms with van der Waals surface area (Å²) in [4.78, 5) is 15.4. The molecule has 1 aromatic heterocycles. The Morgan fingerprint density at radius 1 is 0.857 bits per heavy atom. The van der Waals surface area contributed by atoms with Gasteiger partial charge in [-0.2, -0.15) is 13.8 Å². The Morgan fingerprint density at radius 2 is 1.52 bits per heavy atom. The second-order valence-corrected chi connectivity index (χ2v) is 8.38. The summed E-state index contributed by atoms with van der Waals surface area (Å²) in [6.45, 7) is 0. The molecule has 0 radical (unpaired) electrons. The SMILES string of the molecule is COc1cc(C(N)=O)ccc1Oc1c(F)c(Oc2cccc(NC(=N)N)c2)nc(Oc2cc(C(=N)N)ccc2O)c1F. The van der Waals surface area contributed by atoms with Crippen molar-refractivity contribution in [3.63, 3.8) is 0 Å². The normalized spacial score (nSPS) is 10.5. The number of hydrogen-bond donors (Lipinski definition) is 7. The number of hydrogen-bond acceptors (Lipinski definition) is 9. The molecule has 0 atom stereocenters. The molecule has 216 valence electrons. The van der Waals surface area contributed by atoms with Gasteiger partial charge in [0.1, 0.15) is 11.6 Å². The molecule has 10 N–H and O–H groups in total. The molecular weight excluding hydrogens is 556 g/mol. The molecule has 0 saturated heterocycles. The molecule has 13 nitrogen and oxygen atoms in total. The molecule has 0 aliphatic rings. The number of methoxy groups -OCH3 is 1. The molecule has 15 heteroatoms. The summed E-state index contributed by atoms with van der Waals surface area (Å²) in [5.74, 6) is -8.22. The molecule has 0 spiro atoms. The van der Waals surface area contributed by atoms with E-state index in [1.165, 1.54) is 49.6 Å². The number of aromatic nitrogens is 1. The lowest BCUT2D eigenvalue weighted by atomic mass is 10.2. The molecule has 0 unspecified atom stereocenters. The number of ether oxygens (including phenoxy) is 4. The number of nitrogens with one attached hydrogen (secondary N) is 3. The number of aromatic hydroxyl groups is 1. The number of guanidine groups is 1. The Kier molecular flexibility index (Phi) is 8.22. The monoisotopic (exact) mass is 579 g/mol. The van der Waals surface area contributed by atoms with Gasteiger partial charge in [0.2, 0.25) is 23.3 Å². The van der Waals surface area contributed by atoms with Crippen LogP contribution in [0.1, 0.15) is 15.9 Å². The number of nitrogens with two attached hydrogens (primary N) is 3. The molecule has 42 heavy (non-hydrogen) atoms. The Bertz CT molecular complexity index is 1720. The molecule has 1 heterocycles. The lowest BCUT2D eigenvalue weighted by molar-refractivity contribution is 0.1000. The molecule has 0 fully saturated rings. The molecule has 4 aromatic rings. The third kappa shape index (κ3) is 6.36. The number of amidine groups is 1. The second kappa shape index (κ2) is 12.0. The van der Waals surface area contributed by atoms with Crippen molar-refractivity contribution in [2.45, 2.75) is 0 Å². The number of phenolic OH excluding ortho intramolecular Hbond substituents is 1. The van der Waals surface area contributed by atoms with E-state index < -0.39 is 40.8 Å². The Balaban J connectivity index is 1.83. The molecule has 0 bridgehead atoms. The maximum Gasteiger partial charge on any atom is 0.263 e. The van der Waals surface area contributed by atoms with E-state index in [1.807, 2.05) is 0 Å². The number of nitrogen functional groups attached to an aromatic ring is 1. The van der Waals surface area contributed by atoms with Gasteiger partial charge in [-0.3, -0.25) is 15.6 Å². The van der Waals surface area contributed by atoms with Crippen LogP contribution in [0, 0.1) is 22.5 Å². The summed E-state index contributed by atoms with van der Waals surface area (Å²) >= 11 is 0. The van der Waals surface area contributed by atoms with Crippen LogP contribution in [-0.4, -0.2) is 34.9 Å². The fourth-order valence-corrected chi connectivity index (χ4v) is 3.49. The number of nitrogens with zero attached hydrogens (tertiary/aromatic N) is 1. The second-order valence-electron chi connectivity index (χ2n) is 8.38. The van der Waals surface area contributed by atoms with Crippen LogP contribution in [0.25, 0.3) is 0 Å². The van der Waals surface area contributed by atoms with Crippen LogP contribution in [0.15, 0.2) is 60.7 Å². The van der Waals surface area contributed by atoms with E-state index in [1.54, 1.807) is 6.07 Å². The van der Waals surface area contributed by atoms with Crippen molar-refractivity contribution in [1.29, 1.82) is 10.8 Å². The molecule has 1 amide bonds. The van der Waals surface area contributed by atoms with E-state index in [4.69, 9.17) is 47.0 Å².